The molecule has 7 heteroatoms. The van der Waals surface area contributed by atoms with E-state index < -0.39 is 0 Å². The average molecular weight is 329 g/mol. The van der Waals surface area contributed by atoms with Crippen LogP contribution >= 0.6 is 11.8 Å². The summed E-state index contributed by atoms with van der Waals surface area (Å²) in [6.07, 6.45) is 1.99. The van der Waals surface area contributed by atoms with Gasteiger partial charge in [-0.15, -0.1) is 16.9 Å². The lowest BCUT2D eigenvalue weighted by Crippen LogP contribution is -2.12. The molecule has 0 fully saturated rings. The van der Waals surface area contributed by atoms with E-state index in [0.29, 0.717) is 23.0 Å². The van der Waals surface area contributed by atoms with Gasteiger partial charge in [0, 0.05) is 10.5 Å². The molecule has 0 atom stereocenters. The number of benzene rings is 1. The lowest BCUT2D eigenvalue weighted by atomic mass is 10.2. The highest BCUT2D eigenvalue weighted by atomic mass is 32.2. The number of aromatic nitrogens is 2. The molecule has 0 aliphatic carbocycles. The van der Waals surface area contributed by atoms with Crippen molar-refractivity contribution in [2.75, 3.05) is 11.6 Å². The molecule has 2 heterocycles. The number of furan rings is 1. The van der Waals surface area contributed by atoms with Gasteiger partial charge in [0.1, 0.15) is 11.5 Å². The van der Waals surface area contributed by atoms with Gasteiger partial charge in [-0.1, -0.05) is 11.2 Å². The van der Waals surface area contributed by atoms with Crippen LogP contribution in [0.1, 0.15) is 21.9 Å². The van der Waals surface area contributed by atoms with Crippen molar-refractivity contribution in [3.8, 4) is 11.5 Å². The number of thioether (sulfide) groups is 1. The molecule has 3 aromatic rings. The molecule has 0 saturated heterocycles. The molecule has 23 heavy (non-hydrogen) atoms. The normalized spacial score (nSPS) is 10.7. The third-order valence-electron chi connectivity index (χ3n) is 3.25. The minimum Gasteiger partial charge on any atom is -0.466 e. The van der Waals surface area contributed by atoms with Crippen LogP contribution in [0, 0.1) is 13.8 Å². The number of carbonyl (C=O) groups is 1. The van der Waals surface area contributed by atoms with Gasteiger partial charge >= 0.3 is 6.01 Å². The molecule has 0 saturated carbocycles. The maximum absolute atomic E-state index is 12.2. The van der Waals surface area contributed by atoms with E-state index >= 15 is 0 Å². The van der Waals surface area contributed by atoms with Gasteiger partial charge in [0.15, 0.2) is 0 Å². The Morgan fingerprint density at radius 2 is 2.00 bits per heavy atom. The van der Waals surface area contributed by atoms with E-state index in [1.165, 1.54) is 0 Å². The smallest absolute Gasteiger partial charge is 0.322 e. The highest BCUT2D eigenvalue weighted by Gasteiger charge is 2.17. The maximum Gasteiger partial charge on any atom is 0.322 e. The largest absolute Gasteiger partial charge is 0.466 e. The lowest BCUT2D eigenvalue weighted by molar-refractivity contribution is 0.102. The van der Waals surface area contributed by atoms with Crippen LogP contribution in [0.2, 0.25) is 0 Å². The van der Waals surface area contributed by atoms with Gasteiger partial charge in [-0.2, -0.15) is 0 Å². The van der Waals surface area contributed by atoms with Gasteiger partial charge in [-0.05, 0) is 44.4 Å². The average Bonchev–Trinajstić information content (AvgIpc) is 3.13. The molecular weight excluding hydrogens is 314 g/mol. The summed E-state index contributed by atoms with van der Waals surface area (Å²) in [5, 5.41) is 10.4. The van der Waals surface area contributed by atoms with Gasteiger partial charge in [0.05, 0.1) is 5.56 Å². The van der Waals surface area contributed by atoms with Gasteiger partial charge in [-0.25, -0.2) is 0 Å². The highest BCUT2D eigenvalue weighted by Crippen LogP contribution is 2.25. The fraction of sp³-hybridized carbons (Fsp3) is 0.188. The molecule has 1 N–H and O–H groups in total. The van der Waals surface area contributed by atoms with E-state index in [1.807, 2.05) is 30.5 Å². The third-order valence-corrected chi connectivity index (χ3v) is 3.97. The highest BCUT2D eigenvalue weighted by molar-refractivity contribution is 7.98. The first-order valence-corrected chi connectivity index (χ1v) is 8.15. The predicted octanol–water partition coefficient (Wildman–Crippen LogP) is 3.92. The van der Waals surface area contributed by atoms with Crippen molar-refractivity contribution in [1.29, 1.82) is 0 Å². The Labute approximate surface area is 137 Å². The maximum atomic E-state index is 12.2. The first kappa shape index (κ1) is 15.4. The fourth-order valence-corrected chi connectivity index (χ4v) is 2.63. The number of nitrogens with zero attached hydrogens (tertiary/aromatic N) is 2. The molecule has 118 valence electrons. The molecule has 3 rings (SSSR count). The zero-order valence-electron chi connectivity index (χ0n) is 12.9. The monoisotopic (exact) mass is 329 g/mol. The molecule has 0 unspecified atom stereocenters. The minimum absolute atomic E-state index is 0.0535. The van der Waals surface area contributed by atoms with Crippen LogP contribution < -0.4 is 5.32 Å². The van der Waals surface area contributed by atoms with Crippen LogP contribution in [-0.4, -0.2) is 22.4 Å². The Balaban J connectivity index is 1.79. The Hall–Kier alpha value is -2.54. The number of rotatable bonds is 4. The number of nitrogens with one attached hydrogen (secondary N) is 1. The van der Waals surface area contributed by atoms with Crippen molar-refractivity contribution >= 4 is 23.7 Å². The van der Waals surface area contributed by atoms with E-state index in [9.17, 15) is 4.79 Å². The van der Waals surface area contributed by atoms with Crippen molar-refractivity contribution in [3.05, 3.63) is 47.4 Å². The molecular formula is C16H15N3O3S. The van der Waals surface area contributed by atoms with Gasteiger partial charge in [-0.3, -0.25) is 10.1 Å². The Morgan fingerprint density at radius 1 is 1.17 bits per heavy atom. The number of hydrogen-bond acceptors (Lipinski definition) is 6. The summed E-state index contributed by atoms with van der Waals surface area (Å²) in [6, 6.07) is 9.47. The van der Waals surface area contributed by atoms with Crippen LogP contribution in [0.4, 0.5) is 6.01 Å². The molecule has 0 spiro atoms. The number of amides is 1. The molecule has 1 amide bonds. The van der Waals surface area contributed by atoms with Crippen LogP contribution in [0.25, 0.3) is 11.5 Å². The fourth-order valence-electron chi connectivity index (χ4n) is 2.17. The molecule has 0 bridgehead atoms. The lowest BCUT2D eigenvalue weighted by Gasteiger charge is -1.99. The molecule has 0 radical (unpaired) electrons. The number of carbonyl (C=O) groups excluding carboxylic acids is 1. The SMILES string of the molecule is CSc1cccc(-c2nnc(NC(=O)c3cc(C)oc3C)o2)c1. The summed E-state index contributed by atoms with van der Waals surface area (Å²) in [5.41, 5.74) is 1.26. The predicted molar refractivity (Wildman–Crippen MR) is 87.7 cm³/mol. The summed E-state index contributed by atoms with van der Waals surface area (Å²) in [6.45, 7) is 3.52. The summed E-state index contributed by atoms with van der Waals surface area (Å²) < 4.78 is 10.9. The molecule has 1 aromatic carbocycles. The quantitative estimate of drug-likeness (QED) is 0.731. The van der Waals surface area contributed by atoms with Crippen molar-refractivity contribution in [2.24, 2.45) is 0 Å². The van der Waals surface area contributed by atoms with Gasteiger partial charge < -0.3 is 8.83 Å². The standard InChI is InChI=1S/C16H15N3O3S/c1-9-7-13(10(2)21-9)14(20)17-16-19-18-15(22-16)11-5-4-6-12(8-11)23-3/h4-8H,1-3H3,(H,17,19,20). The van der Waals surface area contributed by atoms with Crippen molar-refractivity contribution in [2.45, 2.75) is 18.7 Å². The Bertz CT molecular complexity index is 854. The molecule has 0 aliphatic heterocycles. The second kappa shape index (κ2) is 6.29. The van der Waals surface area contributed by atoms with Crippen LogP contribution in [0.3, 0.4) is 0 Å². The summed E-state index contributed by atoms with van der Waals surface area (Å²) in [4.78, 5) is 13.3. The van der Waals surface area contributed by atoms with E-state index in [0.717, 1.165) is 10.5 Å². The summed E-state index contributed by atoms with van der Waals surface area (Å²) in [7, 11) is 0. The van der Waals surface area contributed by atoms with E-state index in [4.69, 9.17) is 8.83 Å². The Kier molecular flexibility index (Phi) is 4.20. The van der Waals surface area contributed by atoms with E-state index in [2.05, 4.69) is 15.5 Å². The van der Waals surface area contributed by atoms with Crippen LogP contribution in [-0.2, 0) is 0 Å². The number of anilines is 1. The third kappa shape index (κ3) is 3.29. The molecule has 0 aliphatic rings. The molecule has 2 aromatic heterocycles. The van der Waals surface area contributed by atoms with Gasteiger partial charge in [0.25, 0.3) is 5.91 Å². The second-order valence-electron chi connectivity index (χ2n) is 4.93. The van der Waals surface area contributed by atoms with Crippen molar-refractivity contribution in [3.63, 3.8) is 0 Å². The van der Waals surface area contributed by atoms with E-state index in [-0.39, 0.29) is 11.9 Å². The van der Waals surface area contributed by atoms with Crippen molar-refractivity contribution < 1.29 is 13.6 Å². The first-order chi connectivity index (χ1) is 11.1. The summed E-state index contributed by atoms with van der Waals surface area (Å²) >= 11 is 1.63. The van der Waals surface area contributed by atoms with E-state index in [1.54, 1.807) is 31.7 Å². The first-order valence-electron chi connectivity index (χ1n) is 6.93. The zero-order valence-corrected chi connectivity index (χ0v) is 13.7. The second-order valence-corrected chi connectivity index (χ2v) is 5.81. The van der Waals surface area contributed by atoms with Crippen LogP contribution in [0.5, 0.6) is 0 Å². The minimum atomic E-state index is -0.340. The van der Waals surface area contributed by atoms with Crippen molar-refractivity contribution in [1.82, 2.24) is 10.2 Å². The van der Waals surface area contributed by atoms with Crippen LogP contribution in [0.15, 0.2) is 44.1 Å². The summed E-state index contributed by atoms with van der Waals surface area (Å²) in [5.74, 6) is 1.24. The van der Waals surface area contributed by atoms with Gasteiger partial charge in [0.2, 0.25) is 5.89 Å². The topological polar surface area (TPSA) is 81.2 Å². The molecule has 6 nitrogen and oxygen atoms in total. The number of hydrogen-bond donors (Lipinski definition) is 1. The Morgan fingerprint density at radius 3 is 2.70 bits per heavy atom. The number of aryl methyl sites for hydroxylation is 2. The zero-order chi connectivity index (χ0) is 16.4.